The van der Waals surface area contributed by atoms with Crippen LogP contribution in [-0.4, -0.2) is 37.0 Å². The summed E-state index contributed by atoms with van der Waals surface area (Å²) in [7, 11) is 1.24. The quantitative estimate of drug-likeness (QED) is 0.452. The molecule has 0 aromatic carbocycles. The van der Waals surface area contributed by atoms with E-state index < -0.39 is 5.97 Å². The van der Waals surface area contributed by atoms with Gasteiger partial charge < -0.3 is 9.64 Å². The molecule has 0 aromatic rings. The molecule has 0 heterocycles. The van der Waals surface area contributed by atoms with E-state index in [1.165, 1.54) is 7.11 Å². The number of nitrogens with zero attached hydrogens (tertiary/aromatic N) is 2. The fourth-order valence-corrected chi connectivity index (χ4v) is 0.762. The van der Waals surface area contributed by atoms with Gasteiger partial charge in [0.2, 0.25) is 5.91 Å². The second-order valence-electron chi connectivity index (χ2n) is 2.34. The number of carbonyl (C=O) groups is 2. The van der Waals surface area contributed by atoms with Crippen molar-refractivity contribution < 1.29 is 14.3 Å². The van der Waals surface area contributed by atoms with Gasteiger partial charge >= 0.3 is 5.97 Å². The van der Waals surface area contributed by atoms with E-state index in [1.54, 1.807) is 6.92 Å². The monoisotopic (exact) mass is 184 g/mol. The maximum absolute atomic E-state index is 11.1. The topological polar surface area (TPSA) is 70.4 Å². The molecule has 5 heteroatoms. The lowest BCUT2D eigenvalue weighted by Crippen LogP contribution is -2.35. The van der Waals surface area contributed by atoms with Gasteiger partial charge in [-0.25, -0.2) is 0 Å². The van der Waals surface area contributed by atoms with Crippen LogP contribution in [0.1, 0.15) is 13.3 Å². The Morgan fingerprint density at radius 1 is 1.54 bits per heavy atom. The first kappa shape index (κ1) is 11.4. The number of nitriles is 1. The molecule has 0 aliphatic rings. The van der Waals surface area contributed by atoms with Crippen molar-refractivity contribution in [3.63, 3.8) is 0 Å². The van der Waals surface area contributed by atoms with Gasteiger partial charge in [0, 0.05) is 6.42 Å². The van der Waals surface area contributed by atoms with Crippen molar-refractivity contribution in [3.05, 3.63) is 0 Å². The number of amides is 1. The number of hydrogen-bond acceptors (Lipinski definition) is 4. The fraction of sp³-hybridized carbons (Fsp3) is 0.625. The predicted molar refractivity (Wildman–Crippen MR) is 44.5 cm³/mol. The summed E-state index contributed by atoms with van der Waals surface area (Å²) < 4.78 is 4.38. The highest BCUT2D eigenvalue weighted by Crippen LogP contribution is 1.93. The SMILES string of the molecule is CCC(=O)N(CC#N)CC(=O)OC. The molecule has 1 amide bonds. The molecule has 0 saturated heterocycles. The molecular weight excluding hydrogens is 172 g/mol. The van der Waals surface area contributed by atoms with E-state index in [0.29, 0.717) is 0 Å². The van der Waals surface area contributed by atoms with Crippen LogP contribution in [0, 0.1) is 11.3 Å². The lowest BCUT2D eigenvalue weighted by Gasteiger charge is -2.16. The Morgan fingerprint density at radius 2 is 2.15 bits per heavy atom. The van der Waals surface area contributed by atoms with E-state index >= 15 is 0 Å². The minimum atomic E-state index is -0.517. The highest BCUT2D eigenvalue weighted by Gasteiger charge is 2.14. The lowest BCUT2D eigenvalue weighted by molar-refractivity contribution is -0.146. The summed E-state index contributed by atoms with van der Waals surface area (Å²) in [5.41, 5.74) is 0. The van der Waals surface area contributed by atoms with Crippen molar-refractivity contribution in [2.75, 3.05) is 20.2 Å². The molecule has 13 heavy (non-hydrogen) atoms. The Bertz CT molecular complexity index is 232. The summed E-state index contributed by atoms with van der Waals surface area (Å²) in [5.74, 6) is -0.746. The molecule has 0 N–H and O–H groups in total. The van der Waals surface area contributed by atoms with Crippen LogP contribution in [0.25, 0.3) is 0 Å². The van der Waals surface area contributed by atoms with Crippen LogP contribution in [0.2, 0.25) is 0 Å². The lowest BCUT2D eigenvalue weighted by atomic mass is 10.4. The number of methoxy groups -OCH3 is 1. The summed E-state index contributed by atoms with van der Waals surface area (Å²) in [6.07, 6.45) is 0.276. The molecule has 0 rings (SSSR count). The van der Waals surface area contributed by atoms with Crippen LogP contribution < -0.4 is 0 Å². The van der Waals surface area contributed by atoms with Gasteiger partial charge in [-0.15, -0.1) is 0 Å². The van der Waals surface area contributed by atoms with Crippen LogP contribution in [0.3, 0.4) is 0 Å². The molecule has 0 aliphatic heterocycles. The number of carbonyl (C=O) groups excluding carboxylic acids is 2. The summed E-state index contributed by atoms with van der Waals surface area (Å²) in [5, 5.41) is 8.37. The summed E-state index contributed by atoms with van der Waals surface area (Å²) in [6.45, 7) is 1.43. The third-order valence-electron chi connectivity index (χ3n) is 1.46. The zero-order chi connectivity index (χ0) is 10.3. The molecule has 0 atom stereocenters. The standard InChI is InChI=1S/C8H12N2O3/c1-3-7(11)10(5-4-9)6-8(12)13-2/h3,5-6H2,1-2H3. The average molecular weight is 184 g/mol. The molecule has 0 aromatic heterocycles. The molecule has 0 fully saturated rings. The van der Waals surface area contributed by atoms with Gasteiger partial charge in [-0.05, 0) is 0 Å². The minimum absolute atomic E-state index is 0.0816. The van der Waals surface area contributed by atoms with Gasteiger partial charge in [0.05, 0.1) is 13.2 Å². The molecule has 0 spiro atoms. The third-order valence-corrected chi connectivity index (χ3v) is 1.46. The van der Waals surface area contributed by atoms with Gasteiger partial charge in [-0.2, -0.15) is 5.26 Å². The van der Waals surface area contributed by atoms with Gasteiger partial charge in [0.1, 0.15) is 13.1 Å². The zero-order valence-corrected chi connectivity index (χ0v) is 7.74. The summed E-state index contributed by atoms with van der Waals surface area (Å²) in [6, 6.07) is 1.81. The van der Waals surface area contributed by atoms with E-state index in [2.05, 4.69) is 4.74 Å². The Labute approximate surface area is 76.9 Å². The van der Waals surface area contributed by atoms with Gasteiger partial charge in [0.15, 0.2) is 0 Å². The van der Waals surface area contributed by atoms with Gasteiger partial charge in [0.25, 0.3) is 0 Å². The molecular formula is C8H12N2O3. The highest BCUT2D eigenvalue weighted by molar-refractivity contribution is 5.82. The van der Waals surface area contributed by atoms with E-state index in [0.717, 1.165) is 4.90 Å². The predicted octanol–water partition coefficient (Wildman–Crippen LogP) is -0.0784. The maximum atomic E-state index is 11.1. The van der Waals surface area contributed by atoms with Crippen molar-refractivity contribution in [1.29, 1.82) is 5.26 Å². The van der Waals surface area contributed by atoms with Gasteiger partial charge in [-0.3, -0.25) is 9.59 Å². The summed E-state index contributed by atoms with van der Waals surface area (Å²) >= 11 is 0. The van der Waals surface area contributed by atoms with Crippen LogP contribution in [0.15, 0.2) is 0 Å². The third kappa shape index (κ3) is 4.11. The molecule has 5 nitrogen and oxygen atoms in total. The van der Waals surface area contributed by atoms with Crippen molar-refractivity contribution in [3.8, 4) is 6.07 Å². The highest BCUT2D eigenvalue weighted by atomic mass is 16.5. The molecule has 0 unspecified atom stereocenters. The molecule has 0 bridgehead atoms. The Kier molecular flexibility index (Phi) is 5.28. The smallest absolute Gasteiger partial charge is 0.325 e. The van der Waals surface area contributed by atoms with E-state index in [9.17, 15) is 9.59 Å². The average Bonchev–Trinajstić information content (AvgIpc) is 2.15. The first-order chi connectivity index (χ1) is 6.15. The van der Waals surface area contributed by atoms with Crippen molar-refractivity contribution in [2.45, 2.75) is 13.3 Å². The summed E-state index contributed by atoms with van der Waals surface area (Å²) in [4.78, 5) is 23.1. The number of esters is 1. The van der Waals surface area contributed by atoms with Crippen molar-refractivity contribution in [1.82, 2.24) is 4.90 Å². The first-order valence-corrected chi connectivity index (χ1v) is 3.87. The van der Waals surface area contributed by atoms with Crippen LogP contribution in [-0.2, 0) is 14.3 Å². The van der Waals surface area contributed by atoms with Crippen LogP contribution >= 0.6 is 0 Å². The Morgan fingerprint density at radius 3 is 2.54 bits per heavy atom. The van der Waals surface area contributed by atoms with E-state index in [4.69, 9.17) is 5.26 Å². The zero-order valence-electron chi connectivity index (χ0n) is 7.74. The molecule has 0 radical (unpaired) electrons. The number of ether oxygens (including phenoxy) is 1. The largest absolute Gasteiger partial charge is 0.468 e. The Hall–Kier alpha value is -1.57. The maximum Gasteiger partial charge on any atom is 0.325 e. The number of hydrogen-bond donors (Lipinski definition) is 0. The molecule has 0 saturated carbocycles. The second-order valence-corrected chi connectivity index (χ2v) is 2.34. The molecule has 72 valence electrons. The minimum Gasteiger partial charge on any atom is -0.468 e. The fourth-order valence-electron chi connectivity index (χ4n) is 0.762. The van der Waals surface area contributed by atoms with Crippen molar-refractivity contribution in [2.24, 2.45) is 0 Å². The second kappa shape index (κ2) is 6.00. The van der Waals surface area contributed by atoms with E-state index in [1.807, 2.05) is 6.07 Å². The normalized spacial score (nSPS) is 8.69. The van der Waals surface area contributed by atoms with Crippen LogP contribution in [0.4, 0.5) is 0 Å². The van der Waals surface area contributed by atoms with Crippen molar-refractivity contribution >= 4 is 11.9 Å². The van der Waals surface area contributed by atoms with Gasteiger partial charge in [-0.1, -0.05) is 6.92 Å². The first-order valence-electron chi connectivity index (χ1n) is 3.87. The molecule has 0 aliphatic carbocycles. The van der Waals surface area contributed by atoms with E-state index in [-0.39, 0.29) is 25.4 Å². The van der Waals surface area contributed by atoms with Crippen LogP contribution in [0.5, 0.6) is 0 Å². The number of rotatable bonds is 4. The Balaban J connectivity index is 4.18.